The first-order chi connectivity index (χ1) is 12.4. The van der Waals surface area contributed by atoms with Crippen molar-refractivity contribution in [3.63, 3.8) is 0 Å². The van der Waals surface area contributed by atoms with Gasteiger partial charge in [-0.15, -0.1) is 0 Å². The molecule has 26 heavy (non-hydrogen) atoms. The van der Waals surface area contributed by atoms with Crippen molar-refractivity contribution >= 4 is 17.4 Å². The highest BCUT2D eigenvalue weighted by Crippen LogP contribution is 2.19. The van der Waals surface area contributed by atoms with Gasteiger partial charge in [0, 0.05) is 37.6 Å². The Morgan fingerprint density at radius 3 is 2.77 bits per heavy atom. The molecule has 0 fully saturated rings. The second-order valence-corrected chi connectivity index (χ2v) is 6.69. The zero-order chi connectivity index (χ0) is 18.8. The summed E-state index contributed by atoms with van der Waals surface area (Å²) in [7, 11) is 1.72. The van der Waals surface area contributed by atoms with Crippen molar-refractivity contribution in [2.75, 3.05) is 11.1 Å². The monoisotopic (exact) mass is 352 g/mol. The number of nitrogens with two attached hydrogens (primary N) is 1. The molecule has 3 rings (SSSR count). The number of anilines is 2. The van der Waals surface area contributed by atoms with Crippen LogP contribution >= 0.6 is 0 Å². The number of carbonyl (C=O) groups is 1. The van der Waals surface area contributed by atoms with Gasteiger partial charge in [0.25, 0.3) is 5.91 Å². The number of nitrogens with one attached hydrogen (secondary N) is 1. The van der Waals surface area contributed by atoms with Gasteiger partial charge in [0.05, 0.1) is 5.69 Å². The van der Waals surface area contributed by atoms with Gasteiger partial charge in [0.2, 0.25) is 0 Å². The highest BCUT2D eigenvalue weighted by molar-refractivity contribution is 6.08. The highest BCUT2D eigenvalue weighted by Gasteiger charge is 2.18. The molecule has 1 amide bonds. The number of aromatic nitrogens is 4. The van der Waals surface area contributed by atoms with E-state index in [0.717, 1.165) is 17.1 Å². The SMILES string of the molecule is Cc1nn(C)c(N)c1C(=O)Nc1cccc(Cn2ccnc2C(C)C)c1. The summed E-state index contributed by atoms with van der Waals surface area (Å²) in [6.07, 6.45) is 3.79. The van der Waals surface area contributed by atoms with Crippen LogP contribution in [0.15, 0.2) is 36.7 Å². The molecule has 3 aromatic rings. The number of nitrogen functional groups attached to an aromatic ring is 1. The average molecular weight is 352 g/mol. The number of nitrogens with zero attached hydrogens (tertiary/aromatic N) is 4. The maximum Gasteiger partial charge on any atom is 0.261 e. The van der Waals surface area contributed by atoms with E-state index < -0.39 is 0 Å². The van der Waals surface area contributed by atoms with Gasteiger partial charge in [0.15, 0.2) is 0 Å². The van der Waals surface area contributed by atoms with Crippen molar-refractivity contribution in [3.05, 3.63) is 59.3 Å². The summed E-state index contributed by atoms with van der Waals surface area (Å²) >= 11 is 0. The maximum atomic E-state index is 12.6. The van der Waals surface area contributed by atoms with E-state index in [1.54, 1.807) is 14.0 Å². The second kappa shape index (κ2) is 7.03. The van der Waals surface area contributed by atoms with Gasteiger partial charge < -0.3 is 15.6 Å². The molecule has 2 heterocycles. The van der Waals surface area contributed by atoms with E-state index in [0.29, 0.717) is 29.5 Å². The number of hydrogen-bond acceptors (Lipinski definition) is 4. The minimum atomic E-state index is -0.254. The fraction of sp³-hybridized carbons (Fsp3) is 0.316. The number of carbonyl (C=O) groups excluding carboxylic acids is 1. The molecular weight excluding hydrogens is 328 g/mol. The number of hydrogen-bond donors (Lipinski definition) is 2. The number of amides is 1. The molecule has 7 nitrogen and oxygen atoms in total. The largest absolute Gasteiger partial charge is 0.383 e. The van der Waals surface area contributed by atoms with Crippen LogP contribution in [0.2, 0.25) is 0 Å². The van der Waals surface area contributed by atoms with Crippen LogP contribution in [0.5, 0.6) is 0 Å². The van der Waals surface area contributed by atoms with Gasteiger partial charge >= 0.3 is 0 Å². The van der Waals surface area contributed by atoms with E-state index in [1.807, 2.05) is 36.7 Å². The Morgan fingerprint density at radius 1 is 1.35 bits per heavy atom. The zero-order valence-corrected chi connectivity index (χ0v) is 15.5. The van der Waals surface area contributed by atoms with Crippen LogP contribution in [-0.4, -0.2) is 25.2 Å². The molecule has 0 saturated heterocycles. The third-order valence-corrected chi connectivity index (χ3v) is 4.30. The van der Waals surface area contributed by atoms with E-state index in [-0.39, 0.29) is 5.91 Å². The summed E-state index contributed by atoms with van der Waals surface area (Å²) in [4.78, 5) is 17.0. The molecule has 3 N–H and O–H groups in total. The van der Waals surface area contributed by atoms with E-state index in [4.69, 9.17) is 5.73 Å². The predicted octanol–water partition coefficient (Wildman–Crippen LogP) is 2.93. The molecule has 0 aliphatic rings. The number of aryl methyl sites for hydroxylation is 2. The molecule has 0 radical (unpaired) electrons. The van der Waals surface area contributed by atoms with Gasteiger partial charge in [-0.3, -0.25) is 9.48 Å². The standard InChI is InChI=1S/C19H24N6O/c1-12(2)18-21-8-9-25(18)11-14-6-5-7-15(10-14)22-19(26)16-13(3)23-24(4)17(16)20/h5-10,12H,11,20H2,1-4H3,(H,22,26). The Bertz CT molecular complexity index is 937. The van der Waals surface area contributed by atoms with Crippen molar-refractivity contribution in [2.45, 2.75) is 33.2 Å². The predicted molar refractivity (Wildman–Crippen MR) is 102 cm³/mol. The molecule has 0 aliphatic heterocycles. The summed E-state index contributed by atoms with van der Waals surface area (Å²) in [5.41, 5.74) is 8.78. The first-order valence-corrected chi connectivity index (χ1v) is 8.57. The summed E-state index contributed by atoms with van der Waals surface area (Å²) < 4.78 is 3.63. The van der Waals surface area contributed by atoms with Crippen LogP contribution < -0.4 is 11.1 Å². The smallest absolute Gasteiger partial charge is 0.261 e. The Kier molecular flexibility index (Phi) is 4.79. The maximum absolute atomic E-state index is 12.6. The van der Waals surface area contributed by atoms with Crippen LogP contribution in [0, 0.1) is 6.92 Å². The van der Waals surface area contributed by atoms with E-state index >= 15 is 0 Å². The van der Waals surface area contributed by atoms with Gasteiger partial charge in [-0.1, -0.05) is 26.0 Å². The topological polar surface area (TPSA) is 90.8 Å². The molecular formula is C19H24N6O. The molecule has 0 unspecified atom stereocenters. The lowest BCUT2D eigenvalue weighted by Gasteiger charge is -2.12. The van der Waals surface area contributed by atoms with Gasteiger partial charge in [-0.2, -0.15) is 5.10 Å². The summed E-state index contributed by atoms with van der Waals surface area (Å²) in [6, 6.07) is 7.78. The summed E-state index contributed by atoms with van der Waals surface area (Å²) in [5, 5.41) is 7.10. The third-order valence-electron chi connectivity index (χ3n) is 4.30. The molecule has 0 saturated carbocycles. The van der Waals surface area contributed by atoms with Crippen LogP contribution in [0.25, 0.3) is 0 Å². The van der Waals surface area contributed by atoms with Gasteiger partial charge in [-0.25, -0.2) is 4.98 Å². The van der Waals surface area contributed by atoms with Crippen LogP contribution in [0.4, 0.5) is 11.5 Å². The van der Waals surface area contributed by atoms with Crippen LogP contribution in [0.1, 0.15) is 47.2 Å². The first-order valence-electron chi connectivity index (χ1n) is 8.57. The number of rotatable bonds is 5. The fourth-order valence-corrected chi connectivity index (χ4v) is 3.05. The number of benzene rings is 1. The van der Waals surface area contributed by atoms with Crippen molar-refractivity contribution < 1.29 is 4.79 Å². The van der Waals surface area contributed by atoms with Crippen molar-refractivity contribution in [1.82, 2.24) is 19.3 Å². The lowest BCUT2D eigenvalue weighted by Crippen LogP contribution is -2.15. The third kappa shape index (κ3) is 3.46. The molecule has 0 bridgehead atoms. The minimum absolute atomic E-state index is 0.254. The van der Waals surface area contributed by atoms with Crippen molar-refractivity contribution in [1.29, 1.82) is 0 Å². The molecule has 136 valence electrons. The number of imidazole rings is 1. The Hall–Kier alpha value is -3.09. The van der Waals surface area contributed by atoms with E-state index in [2.05, 4.69) is 33.8 Å². The fourth-order valence-electron chi connectivity index (χ4n) is 3.05. The summed E-state index contributed by atoms with van der Waals surface area (Å²) in [5.74, 6) is 1.49. The molecule has 0 atom stereocenters. The second-order valence-electron chi connectivity index (χ2n) is 6.69. The van der Waals surface area contributed by atoms with Crippen molar-refractivity contribution in [2.24, 2.45) is 7.05 Å². The Morgan fingerprint density at radius 2 is 2.12 bits per heavy atom. The average Bonchev–Trinajstić information content (AvgIpc) is 3.12. The van der Waals surface area contributed by atoms with Gasteiger partial charge in [-0.05, 0) is 24.6 Å². The highest BCUT2D eigenvalue weighted by atomic mass is 16.1. The lowest BCUT2D eigenvalue weighted by molar-refractivity contribution is 0.102. The van der Waals surface area contributed by atoms with Crippen molar-refractivity contribution in [3.8, 4) is 0 Å². The van der Waals surface area contributed by atoms with Gasteiger partial charge in [0.1, 0.15) is 17.2 Å². The first kappa shape index (κ1) is 17.7. The minimum Gasteiger partial charge on any atom is -0.383 e. The molecule has 0 aliphatic carbocycles. The molecule has 1 aromatic carbocycles. The Labute approximate surface area is 152 Å². The van der Waals surface area contributed by atoms with E-state index in [1.165, 1.54) is 4.68 Å². The normalized spacial score (nSPS) is 11.1. The Balaban J connectivity index is 1.79. The van der Waals surface area contributed by atoms with Crippen LogP contribution in [-0.2, 0) is 13.6 Å². The molecule has 2 aromatic heterocycles. The lowest BCUT2D eigenvalue weighted by atomic mass is 10.1. The zero-order valence-electron chi connectivity index (χ0n) is 15.5. The molecule has 7 heteroatoms. The molecule has 0 spiro atoms. The summed E-state index contributed by atoms with van der Waals surface area (Å²) in [6.45, 7) is 6.71. The van der Waals surface area contributed by atoms with Crippen LogP contribution in [0.3, 0.4) is 0 Å². The van der Waals surface area contributed by atoms with E-state index in [9.17, 15) is 4.79 Å². The quantitative estimate of drug-likeness (QED) is 0.738.